The first-order chi connectivity index (χ1) is 15.6. The van der Waals surface area contributed by atoms with E-state index in [1.165, 1.54) is 0 Å². The Hall–Kier alpha value is -3.94. The molecule has 1 aliphatic rings. The number of fused-ring (bicyclic) bond motifs is 1. The smallest absolute Gasteiger partial charge is 0.254 e. The van der Waals surface area contributed by atoms with Crippen LogP contribution in [0.5, 0.6) is 5.75 Å². The number of aromatic nitrogens is 4. The van der Waals surface area contributed by atoms with E-state index in [0.29, 0.717) is 24.3 Å². The molecule has 8 nitrogen and oxygen atoms in total. The Balaban J connectivity index is 1.33. The van der Waals surface area contributed by atoms with E-state index in [0.717, 1.165) is 41.3 Å². The Labute approximate surface area is 186 Å². The van der Waals surface area contributed by atoms with Crippen LogP contribution in [0, 0.1) is 6.92 Å². The lowest BCUT2D eigenvalue weighted by Crippen LogP contribution is -2.48. The average Bonchev–Trinajstić information content (AvgIpc) is 3.28. The van der Waals surface area contributed by atoms with Gasteiger partial charge in [-0.3, -0.25) is 4.79 Å². The molecule has 4 aromatic rings. The third-order valence-corrected chi connectivity index (χ3v) is 5.90. The summed E-state index contributed by atoms with van der Waals surface area (Å²) in [6.07, 6.45) is 1.72. The van der Waals surface area contributed by atoms with Gasteiger partial charge in [-0.1, -0.05) is 11.3 Å². The van der Waals surface area contributed by atoms with E-state index in [1.807, 2.05) is 54.3 Å². The number of piperazine rings is 1. The molecule has 1 amide bonds. The van der Waals surface area contributed by atoms with Crippen molar-refractivity contribution in [3.63, 3.8) is 0 Å². The Morgan fingerprint density at radius 3 is 2.53 bits per heavy atom. The van der Waals surface area contributed by atoms with Gasteiger partial charge in [-0.15, -0.1) is 5.10 Å². The number of carbonyl (C=O) groups is 1. The summed E-state index contributed by atoms with van der Waals surface area (Å²) in [4.78, 5) is 21.9. The Morgan fingerprint density at radius 1 is 1.00 bits per heavy atom. The summed E-state index contributed by atoms with van der Waals surface area (Å²) < 4.78 is 6.93. The van der Waals surface area contributed by atoms with Crippen LogP contribution in [0.2, 0.25) is 0 Å². The van der Waals surface area contributed by atoms with Crippen LogP contribution in [0.3, 0.4) is 0 Å². The minimum atomic E-state index is 0.0259. The van der Waals surface area contributed by atoms with E-state index in [4.69, 9.17) is 4.74 Å². The maximum Gasteiger partial charge on any atom is 0.254 e. The van der Waals surface area contributed by atoms with Crippen molar-refractivity contribution in [2.24, 2.45) is 0 Å². The predicted molar refractivity (Wildman–Crippen MR) is 123 cm³/mol. The van der Waals surface area contributed by atoms with Gasteiger partial charge in [-0.2, -0.15) is 4.68 Å². The highest BCUT2D eigenvalue weighted by Gasteiger charge is 2.23. The molecule has 8 heteroatoms. The molecule has 3 heterocycles. The van der Waals surface area contributed by atoms with Crippen molar-refractivity contribution in [1.82, 2.24) is 24.9 Å². The van der Waals surface area contributed by atoms with Crippen molar-refractivity contribution < 1.29 is 9.53 Å². The second kappa shape index (κ2) is 8.30. The van der Waals surface area contributed by atoms with E-state index in [9.17, 15) is 4.79 Å². The predicted octanol–water partition coefficient (Wildman–Crippen LogP) is 3.09. The third kappa shape index (κ3) is 3.64. The minimum Gasteiger partial charge on any atom is -0.497 e. The van der Waals surface area contributed by atoms with Gasteiger partial charge in [0.2, 0.25) is 0 Å². The molecule has 1 saturated heterocycles. The zero-order valence-electron chi connectivity index (χ0n) is 18.1. The van der Waals surface area contributed by atoms with Gasteiger partial charge in [0, 0.05) is 43.6 Å². The molecule has 1 aliphatic heterocycles. The van der Waals surface area contributed by atoms with Crippen molar-refractivity contribution in [3.8, 4) is 11.4 Å². The van der Waals surface area contributed by atoms with Crippen molar-refractivity contribution in [1.29, 1.82) is 0 Å². The maximum absolute atomic E-state index is 13.3. The molecular formula is C24H24N6O2. The normalized spacial score (nSPS) is 14.1. The molecule has 0 aliphatic carbocycles. The summed E-state index contributed by atoms with van der Waals surface area (Å²) in [6, 6.07) is 17.5. The molecule has 0 saturated carbocycles. The lowest BCUT2D eigenvalue weighted by atomic mass is 10.1. The summed E-state index contributed by atoms with van der Waals surface area (Å²) in [5.41, 5.74) is 4.99. The fourth-order valence-corrected chi connectivity index (χ4v) is 4.04. The van der Waals surface area contributed by atoms with Gasteiger partial charge in [0.15, 0.2) is 5.65 Å². The third-order valence-electron chi connectivity index (χ3n) is 5.90. The highest BCUT2D eigenvalue weighted by Crippen LogP contribution is 2.23. The standard InChI is InChI=1S/C24H24N6O2/c1-17-5-6-18(16-22(17)30-23-21(26-27-30)4-3-11-25-23)24(31)29-14-12-28(13-15-29)19-7-9-20(32-2)10-8-19/h3-11,16H,12-15H2,1-2H3. The molecule has 0 N–H and O–H groups in total. The SMILES string of the molecule is COc1ccc(N2CCN(C(=O)c3ccc(C)c(-n4nnc5cccnc54)c3)CC2)cc1. The Morgan fingerprint density at radius 2 is 1.78 bits per heavy atom. The molecule has 0 bridgehead atoms. The number of methoxy groups -OCH3 is 1. The van der Waals surface area contributed by atoms with E-state index in [-0.39, 0.29) is 5.91 Å². The number of benzene rings is 2. The van der Waals surface area contributed by atoms with Crippen molar-refractivity contribution in [2.75, 3.05) is 38.2 Å². The van der Waals surface area contributed by atoms with Gasteiger partial charge in [0.1, 0.15) is 11.3 Å². The van der Waals surface area contributed by atoms with Gasteiger partial charge in [0.05, 0.1) is 12.8 Å². The Kier molecular flexibility index (Phi) is 5.18. The number of amides is 1. The zero-order valence-corrected chi connectivity index (χ0v) is 18.1. The topological polar surface area (TPSA) is 76.4 Å². The van der Waals surface area contributed by atoms with E-state index in [1.54, 1.807) is 18.0 Å². The van der Waals surface area contributed by atoms with E-state index < -0.39 is 0 Å². The molecular weight excluding hydrogens is 404 g/mol. The van der Waals surface area contributed by atoms with Gasteiger partial charge >= 0.3 is 0 Å². The van der Waals surface area contributed by atoms with Crippen LogP contribution < -0.4 is 9.64 Å². The fraction of sp³-hybridized carbons (Fsp3) is 0.250. The van der Waals surface area contributed by atoms with Crippen LogP contribution >= 0.6 is 0 Å². The van der Waals surface area contributed by atoms with Crippen LogP contribution in [0.4, 0.5) is 5.69 Å². The summed E-state index contributed by atoms with van der Waals surface area (Å²) in [5.74, 6) is 0.867. The summed E-state index contributed by atoms with van der Waals surface area (Å²) >= 11 is 0. The van der Waals surface area contributed by atoms with Gasteiger partial charge in [0.25, 0.3) is 5.91 Å². The van der Waals surface area contributed by atoms with Crippen LogP contribution in [0.1, 0.15) is 15.9 Å². The van der Waals surface area contributed by atoms with E-state index >= 15 is 0 Å². The molecule has 5 rings (SSSR count). The number of hydrogen-bond donors (Lipinski definition) is 0. The zero-order chi connectivity index (χ0) is 22.1. The molecule has 32 heavy (non-hydrogen) atoms. The molecule has 2 aromatic heterocycles. The van der Waals surface area contributed by atoms with Crippen LogP contribution in [0.15, 0.2) is 60.8 Å². The maximum atomic E-state index is 13.3. The minimum absolute atomic E-state index is 0.0259. The highest BCUT2D eigenvalue weighted by atomic mass is 16.5. The number of hydrogen-bond acceptors (Lipinski definition) is 6. The summed E-state index contributed by atoms with van der Waals surface area (Å²) in [5, 5.41) is 8.45. The number of carbonyl (C=O) groups excluding carboxylic acids is 1. The quantitative estimate of drug-likeness (QED) is 0.497. The summed E-state index contributed by atoms with van der Waals surface area (Å²) in [7, 11) is 1.66. The van der Waals surface area contributed by atoms with E-state index in [2.05, 4.69) is 32.3 Å². The van der Waals surface area contributed by atoms with Crippen molar-refractivity contribution in [3.05, 3.63) is 71.9 Å². The average molecular weight is 428 g/mol. The molecule has 0 radical (unpaired) electrons. The molecule has 1 fully saturated rings. The van der Waals surface area contributed by atoms with Gasteiger partial charge < -0.3 is 14.5 Å². The fourth-order valence-electron chi connectivity index (χ4n) is 4.04. The molecule has 2 aromatic carbocycles. The van der Waals surface area contributed by atoms with Gasteiger partial charge in [-0.05, 0) is 61.0 Å². The number of ether oxygens (including phenoxy) is 1. The first kappa shape index (κ1) is 20.0. The number of aryl methyl sites for hydroxylation is 1. The molecule has 0 atom stereocenters. The second-order valence-corrected chi connectivity index (χ2v) is 7.83. The summed E-state index contributed by atoms with van der Waals surface area (Å²) in [6.45, 7) is 4.90. The first-order valence-electron chi connectivity index (χ1n) is 10.6. The molecule has 0 unspecified atom stereocenters. The number of anilines is 1. The molecule has 0 spiro atoms. The highest BCUT2D eigenvalue weighted by molar-refractivity contribution is 5.95. The lowest BCUT2D eigenvalue weighted by molar-refractivity contribution is 0.0746. The van der Waals surface area contributed by atoms with Gasteiger partial charge in [-0.25, -0.2) is 4.98 Å². The second-order valence-electron chi connectivity index (χ2n) is 7.83. The number of rotatable bonds is 4. The number of nitrogens with zero attached hydrogens (tertiary/aromatic N) is 6. The lowest BCUT2D eigenvalue weighted by Gasteiger charge is -2.36. The largest absolute Gasteiger partial charge is 0.497 e. The van der Waals surface area contributed by atoms with Crippen LogP contribution in [0.25, 0.3) is 16.9 Å². The van der Waals surface area contributed by atoms with Crippen molar-refractivity contribution in [2.45, 2.75) is 6.92 Å². The van der Waals surface area contributed by atoms with Crippen LogP contribution in [-0.4, -0.2) is 64.1 Å². The first-order valence-corrected chi connectivity index (χ1v) is 10.6. The molecule has 162 valence electrons. The van der Waals surface area contributed by atoms with Crippen LogP contribution in [-0.2, 0) is 0 Å². The van der Waals surface area contributed by atoms with Crippen molar-refractivity contribution >= 4 is 22.8 Å². The Bertz CT molecular complexity index is 1260. The monoisotopic (exact) mass is 428 g/mol. The number of pyridine rings is 1.